The first-order valence-corrected chi connectivity index (χ1v) is 15.8. The largest absolute Gasteiger partial charge is 0.417 e. The van der Waals surface area contributed by atoms with E-state index in [2.05, 4.69) is 11.6 Å². The fourth-order valence-corrected chi connectivity index (χ4v) is 7.54. The fraction of sp³-hybridized carbons (Fsp3) is 0.452. The highest BCUT2D eigenvalue weighted by molar-refractivity contribution is 7.99. The molecular weight excluding hydrogens is 634 g/mol. The number of carbonyl (C=O) groups excluding carboxylic acids is 1. The maximum Gasteiger partial charge on any atom is 0.417 e. The van der Waals surface area contributed by atoms with Crippen molar-refractivity contribution in [2.24, 2.45) is 0 Å². The van der Waals surface area contributed by atoms with Gasteiger partial charge in [0.2, 0.25) is 5.91 Å². The van der Waals surface area contributed by atoms with Crippen molar-refractivity contribution in [3.05, 3.63) is 63.8 Å². The highest BCUT2D eigenvalue weighted by atomic mass is 35.5. The van der Waals surface area contributed by atoms with Gasteiger partial charge in [0.05, 0.1) is 35.4 Å². The molecule has 8 nitrogen and oxygen atoms in total. The van der Waals surface area contributed by atoms with Gasteiger partial charge in [-0.3, -0.25) is 9.36 Å². The van der Waals surface area contributed by atoms with Crippen LogP contribution in [0, 0.1) is 5.82 Å². The minimum Gasteiger partial charge on any atom is -0.374 e. The molecule has 45 heavy (non-hydrogen) atoms. The number of ether oxygens (including phenoxy) is 1. The smallest absolute Gasteiger partial charge is 0.374 e. The molecule has 2 aliphatic heterocycles. The Balaban J connectivity index is 1.76. The number of hydrogen-bond acceptors (Lipinski definition) is 7. The van der Waals surface area contributed by atoms with E-state index in [-0.39, 0.29) is 75.6 Å². The van der Waals surface area contributed by atoms with E-state index in [0.717, 1.165) is 23.9 Å². The number of piperazine rings is 1. The minimum atomic E-state index is -4.82. The number of halogens is 5. The lowest BCUT2D eigenvalue weighted by Crippen LogP contribution is -2.58. The fourth-order valence-electron chi connectivity index (χ4n) is 6.08. The van der Waals surface area contributed by atoms with Crippen molar-refractivity contribution in [3.8, 4) is 11.1 Å². The van der Waals surface area contributed by atoms with Crippen molar-refractivity contribution in [1.29, 1.82) is 0 Å². The van der Waals surface area contributed by atoms with Crippen molar-refractivity contribution < 1.29 is 27.1 Å². The molecule has 3 atom stereocenters. The van der Waals surface area contributed by atoms with Gasteiger partial charge in [0.25, 0.3) is 0 Å². The molecule has 1 fully saturated rings. The predicted octanol–water partition coefficient (Wildman–Crippen LogP) is 5.54. The summed E-state index contributed by atoms with van der Waals surface area (Å²) in [6, 6.07) is 3.81. The van der Waals surface area contributed by atoms with E-state index in [1.807, 2.05) is 32.8 Å². The third-order valence-electron chi connectivity index (χ3n) is 8.05. The van der Waals surface area contributed by atoms with Crippen LogP contribution < -0.4 is 10.6 Å². The van der Waals surface area contributed by atoms with Gasteiger partial charge in [-0.25, -0.2) is 9.18 Å². The second-order valence-electron chi connectivity index (χ2n) is 11.6. The average Bonchev–Trinajstić information content (AvgIpc) is 3.15. The van der Waals surface area contributed by atoms with Gasteiger partial charge in [-0.05, 0) is 57.8 Å². The first kappa shape index (κ1) is 33.2. The second-order valence-corrected chi connectivity index (χ2v) is 13.1. The molecule has 0 bridgehead atoms. The van der Waals surface area contributed by atoms with Gasteiger partial charge in [0.15, 0.2) is 0 Å². The molecule has 242 valence electrons. The molecule has 14 heteroatoms. The maximum absolute atomic E-state index is 15.0. The molecule has 0 saturated carbocycles. The first-order chi connectivity index (χ1) is 21.2. The Labute approximate surface area is 267 Å². The summed E-state index contributed by atoms with van der Waals surface area (Å²) in [4.78, 5) is 36.3. The van der Waals surface area contributed by atoms with Crippen LogP contribution in [0.2, 0.25) is 5.02 Å². The van der Waals surface area contributed by atoms with Gasteiger partial charge >= 0.3 is 11.9 Å². The van der Waals surface area contributed by atoms with Crippen LogP contribution >= 0.6 is 23.4 Å². The van der Waals surface area contributed by atoms with Crippen LogP contribution in [-0.4, -0.2) is 89.5 Å². The molecule has 3 aromatic rings. The van der Waals surface area contributed by atoms with Gasteiger partial charge in [-0.1, -0.05) is 24.2 Å². The number of nitrogens with zero attached hydrogens (tertiary/aromatic N) is 5. The van der Waals surface area contributed by atoms with Crippen LogP contribution in [0.1, 0.15) is 19.4 Å². The Bertz CT molecular complexity index is 1690. The summed E-state index contributed by atoms with van der Waals surface area (Å²) in [5, 5.41) is -0.169. The van der Waals surface area contributed by atoms with Crippen LogP contribution in [0.25, 0.3) is 22.0 Å². The number of benzene rings is 2. The SMILES string of the molecule is C=CC(=O)N1[C@H](C)CN(c2nc(=O)n3c4c(c(-c5ccc(F)c(Cl)c5)c(C(F)(F)F)cc24)SCC(OCCN(C)C)C3)C[C@@H]1C. The number of anilines is 1. The molecule has 0 N–H and O–H groups in total. The normalized spacial score (nSPS) is 20.5. The first-order valence-electron chi connectivity index (χ1n) is 14.4. The quantitative estimate of drug-likeness (QED) is 0.242. The van der Waals surface area contributed by atoms with Crippen molar-refractivity contribution in [2.45, 2.75) is 49.7 Å². The van der Waals surface area contributed by atoms with Crippen LogP contribution in [-0.2, 0) is 22.3 Å². The zero-order valence-corrected chi connectivity index (χ0v) is 26.9. The summed E-state index contributed by atoms with van der Waals surface area (Å²) in [5.74, 6) is -0.643. The minimum absolute atomic E-state index is 0.0706. The van der Waals surface area contributed by atoms with E-state index in [4.69, 9.17) is 16.3 Å². The van der Waals surface area contributed by atoms with E-state index >= 15 is 0 Å². The Morgan fingerprint density at radius 1 is 1.20 bits per heavy atom. The lowest BCUT2D eigenvalue weighted by molar-refractivity contribution is -0.137. The summed E-state index contributed by atoms with van der Waals surface area (Å²) in [6.45, 7) is 8.77. The van der Waals surface area contributed by atoms with Crippen molar-refractivity contribution in [3.63, 3.8) is 0 Å². The summed E-state index contributed by atoms with van der Waals surface area (Å²) < 4.78 is 66.5. The number of aromatic nitrogens is 2. The molecule has 1 saturated heterocycles. The van der Waals surface area contributed by atoms with Gasteiger partial charge < -0.3 is 19.4 Å². The number of carbonyl (C=O) groups is 1. The summed E-state index contributed by atoms with van der Waals surface area (Å²) >= 11 is 7.22. The topological polar surface area (TPSA) is 70.9 Å². The molecule has 1 unspecified atom stereocenters. The third kappa shape index (κ3) is 6.58. The van der Waals surface area contributed by atoms with Gasteiger partial charge in [-0.2, -0.15) is 18.2 Å². The number of amides is 1. The van der Waals surface area contributed by atoms with Crippen LogP contribution in [0.5, 0.6) is 0 Å². The molecular formula is C31H34ClF4N5O3S. The molecule has 1 aromatic heterocycles. The molecule has 3 heterocycles. The van der Waals surface area contributed by atoms with E-state index in [1.54, 1.807) is 9.80 Å². The zero-order chi connectivity index (χ0) is 32.8. The number of thioether (sulfide) groups is 1. The van der Waals surface area contributed by atoms with Crippen molar-refractivity contribution in [1.82, 2.24) is 19.4 Å². The molecule has 2 aromatic carbocycles. The maximum atomic E-state index is 15.0. The van der Waals surface area contributed by atoms with E-state index in [0.29, 0.717) is 18.7 Å². The molecule has 0 spiro atoms. The van der Waals surface area contributed by atoms with Crippen molar-refractivity contribution >= 4 is 46.0 Å². The lowest BCUT2D eigenvalue weighted by Gasteiger charge is -2.44. The summed E-state index contributed by atoms with van der Waals surface area (Å²) in [7, 11) is 3.79. The standard InChI is InChI=1S/C31H34ClF4N5O3S/c1-6-25(42)41-17(2)13-39(14-18(41)3)29-21-12-22(31(34,35)36)26(19-7-8-24(33)23(32)11-19)28-27(21)40(30(43)37-29)15-20(16-45-28)44-10-9-38(4)5/h6-8,11-12,17-18,20H,1,9-10,13-16H2,2-5H3/t17-,18+,20?. The van der Waals surface area contributed by atoms with E-state index in [9.17, 15) is 27.2 Å². The Morgan fingerprint density at radius 2 is 1.89 bits per heavy atom. The second kappa shape index (κ2) is 12.9. The van der Waals surface area contributed by atoms with Gasteiger partial charge in [0.1, 0.15) is 11.6 Å². The van der Waals surface area contributed by atoms with Crippen LogP contribution in [0.15, 0.2) is 46.6 Å². The summed E-state index contributed by atoms with van der Waals surface area (Å²) in [5.41, 5.74) is -1.41. The molecule has 0 radical (unpaired) electrons. The summed E-state index contributed by atoms with van der Waals surface area (Å²) in [6.07, 6.45) is -4.08. The highest BCUT2D eigenvalue weighted by Crippen LogP contribution is 2.48. The zero-order valence-electron chi connectivity index (χ0n) is 25.3. The third-order valence-corrected chi connectivity index (χ3v) is 9.57. The Kier molecular flexibility index (Phi) is 9.55. The lowest BCUT2D eigenvalue weighted by atomic mass is 9.96. The number of alkyl halides is 3. The number of rotatable bonds is 7. The van der Waals surface area contributed by atoms with Crippen molar-refractivity contribution in [2.75, 3.05) is 51.0 Å². The number of likely N-dealkylation sites (N-methyl/N-ethyl adjacent to an activating group) is 1. The predicted molar refractivity (Wildman–Crippen MR) is 169 cm³/mol. The highest BCUT2D eigenvalue weighted by Gasteiger charge is 2.40. The number of hydrogen-bond donors (Lipinski definition) is 0. The molecule has 2 aliphatic rings. The van der Waals surface area contributed by atoms with Crippen LogP contribution in [0.4, 0.5) is 23.4 Å². The monoisotopic (exact) mass is 667 g/mol. The Morgan fingerprint density at radius 3 is 2.49 bits per heavy atom. The Hall–Kier alpha value is -3.13. The van der Waals surface area contributed by atoms with E-state index in [1.165, 1.54) is 22.8 Å². The van der Waals surface area contributed by atoms with Crippen LogP contribution in [0.3, 0.4) is 0 Å². The molecule has 1 amide bonds. The molecule has 5 rings (SSSR count). The average molecular weight is 668 g/mol. The molecule has 0 aliphatic carbocycles. The van der Waals surface area contributed by atoms with Gasteiger partial charge in [0, 0.05) is 53.3 Å². The van der Waals surface area contributed by atoms with E-state index < -0.39 is 29.4 Å². The van der Waals surface area contributed by atoms with Gasteiger partial charge in [-0.15, -0.1) is 11.8 Å².